The normalized spacial score (nSPS) is 25.2. The fraction of sp³-hybridized carbons (Fsp3) is 0.429. The minimum atomic E-state index is -0.0224. The van der Waals surface area contributed by atoms with Crippen LogP contribution in [0.15, 0.2) is 26.7 Å². The molecule has 1 amide bonds. The zero-order valence-corrected chi connectivity index (χ0v) is 12.2. The fourth-order valence-electron chi connectivity index (χ4n) is 2.37. The van der Waals surface area contributed by atoms with Crippen LogP contribution in [0.3, 0.4) is 0 Å². The van der Waals surface area contributed by atoms with E-state index in [1.807, 2.05) is 22.9 Å². The molecule has 3 nitrogen and oxygen atoms in total. The molecule has 3 rings (SSSR count). The number of amides is 1. The van der Waals surface area contributed by atoms with E-state index < -0.39 is 0 Å². The molecular weight excluding hydrogens is 276 g/mol. The van der Waals surface area contributed by atoms with E-state index in [0.29, 0.717) is 6.04 Å². The molecule has 1 aromatic heterocycles. The Kier molecular flexibility index (Phi) is 4.03. The highest BCUT2D eigenvalue weighted by Crippen LogP contribution is 2.28. The first kappa shape index (κ1) is 12.9. The molecule has 2 heterocycles. The van der Waals surface area contributed by atoms with Crippen LogP contribution in [0.25, 0.3) is 6.08 Å². The SMILES string of the molecule is O=C1NC(=NC2CCCCC2)S/C1=C/c1ccsc1. The molecule has 100 valence electrons. The Balaban J connectivity index is 1.70. The van der Waals surface area contributed by atoms with E-state index >= 15 is 0 Å². The molecule has 1 saturated carbocycles. The predicted molar refractivity (Wildman–Crippen MR) is 82.3 cm³/mol. The first-order chi connectivity index (χ1) is 9.31. The summed E-state index contributed by atoms with van der Waals surface area (Å²) < 4.78 is 0. The number of thiophene rings is 1. The van der Waals surface area contributed by atoms with E-state index in [2.05, 4.69) is 10.3 Å². The van der Waals surface area contributed by atoms with E-state index in [9.17, 15) is 4.79 Å². The Hall–Kier alpha value is -1.07. The third-order valence-electron chi connectivity index (χ3n) is 3.37. The lowest BCUT2D eigenvalue weighted by molar-refractivity contribution is -0.115. The van der Waals surface area contributed by atoms with E-state index in [4.69, 9.17) is 0 Å². The molecule has 1 N–H and O–H groups in total. The van der Waals surface area contributed by atoms with Gasteiger partial charge in [-0.1, -0.05) is 19.3 Å². The van der Waals surface area contributed by atoms with Crippen molar-refractivity contribution in [2.45, 2.75) is 38.1 Å². The van der Waals surface area contributed by atoms with Crippen molar-refractivity contribution >= 4 is 40.2 Å². The van der Waals surface area contributed by atoms with Crippen LogP contribution in [0.1, 0.15) is 37.7 Å². The van der Waals surface area contributed by atoms with Crippen LogP contribution in [-0.4, -0.2) is 17.1 Å². The van der Waals surface area contributed by atoms with Gasteiger partial charge in [0, 0.05) is 0 Å². The van der Waals surface area contributed by atoms with Crippen molar-refractivity contribution in [3.05, 3.63) is 27.3 Å². The number of hydrogen-bond donors (Lipinski definition) is 1. The number of thioether (sulfide) groups is 1. The predicted octanol–water partition coefficient (Wildman–Crippen LogP) is 3.64. The number of nitrogens with one attached hydrogen (secondary N) is 1. The molecule has 0 atom stereocenters. The summed E-state index contributed by atoms with van der Waals surface area (Å²) in [5.74, 6) is -0.0224. The number of rotatable bonds is 2. The Morgan fingerprint density at radius 3 is 2.89 bits per heavy atom. The molecule has 19 heavy (non-hydrogen) atoms. The molecule has 1 saturated heterocycles. The Bertz CT molecular complexity index is 514. The topological polar surface area (TPSA) is 41.5 Å². The van der Waals surface area contributed by atoms with Crippen molar-refractivity contribution in [3.63, 3.8) is 0 Å². The van der Waals surface area contributed by atoms with E-state index in [0.717, 1.165) is 28.5 Å². The second kappa shape index (κ2) is 5.92. The van der Waals surface area contributed by atoms with Crippen LogP contribution < -0.4 is 5.32 Å². The summed E-state index contributed by atoms with van der Waals surface area (Å²) in [4.78, 5) is 17.3. The maximum atomic E-state index is 11.9. The molecule has 5 heteroatoms. The Morgan fingerprint density at radius 2 is 2.16 bits per heavy atom. The molecule has 2 aliphatic rings. The van der Waals surface area contributed by atoms with Gasteiger partial charge in [0.15, 0.2) is 5.17 Å². The lowest BCUT2D eigenvalue weighted by atomic mass is 9.96. The molecule has 0 aromatic carbocycles. The monoisotopic (exact) mass is 292 g/mol. The minimum absolute atomic E-state index is 0.0224. The van der Waals surface area contributed by atoms with Crippen molar-refractivity contribution in [2.75, 3.05) is 0 Å². The van der Waals surface area contributed by atoms with Gasteiger partial charge in [-0.05, 0) is 53.1 Å². The van der Waals surface area contributed by atoms with Crippen molar-refractivity contribution in [2.24, 2.45) is 4.99 Å². The van der Waals surface area contributed by atoms with Gasteiger partial charge in [-0.15, -0.1) is 0 Å². The van der Waals surface area contributed by atoms with E-state index in [1.165, 1.54) is 31.0 Å². The maximum absolute atomic E-state index is 11.9. The number of hydrogen-bond acceptors (Lipinski definition) is 4. The molecule has 1 aliphatic carbocycles. The summed E-state index contributed by atoms with van der Waals surface area (Å²) in [6.45, 7) is 0. The third-order valence-corrected chi connectivity index (χ3v) is 4.99. The number of aliphatic imine (C=N–C) groups is 1. The van der Waals surface area contributed by atoms with Gasteiger partial charge in [0.25, 0.3) is 5.91 Å². The summed E-state index contributed by atoms with van der Waals surface area (Å²) in [6, 6.07) is 2.42. The molecule has 1 aliphatic heterocycles. The van der Waals surface area contributed by atoms with Crippen molar-refractivity contribution in [3.8, 4) is 0 Å². The largest absolute Gasteiger partial charge is 0.301 e. The van der Waals surface area contributed by atoms with Crippen molar-refractivity contribution in [1.29, 1.82) is 0 Å². The van der Waals surface area contributed by atoms with Crippen LogP contribution in [0, 0.1) is 0 Å². The zero-order valence-electron chi connectivity index (χ0n) is 10.6. The molecule has 0 unspecified atom stereocenters. The smallest absolute Gasteiger partial charge is 0.264 e. The minimum Gasteiger partial charge on any atom is -0.301 e. The number of carbonyl (C=O) groups is 1. The van der Waals surface area contributed by atoms with Crippen LogP contribution >= 0.6 is 23.1 Å². The van der Waals surface area contributed by atoms with Gasteiger partial charge in [0.05, 0.1) is 10.9 Å². The van der Waals surface area contributed by atoms with Gasteiger partial charge in [-0.25, -0.2) is 0 Å². The van der Waals surface area contributed by atoms with Gasteiger partial charge < -0.3 is 5.32 Å². The first-order valence-electron chi connectivity index (χ1n) is 6.62. The second-order valence-corrected chi connectivity index (χ2v) is 6.66. The maximum Gasteiger partial charge on any atom is 0.264 e. The second-order valence-electron chi connectivity index (χ2n) is 4.85. The summed E-state index contributed by atoms with van der Waals surface area (Å²) in [5, 5.41) is 7.70. The average molecular weight is 292 g/mol. The Labute approximate surface area is 121 Å². The number of carbonyl (C=O) groups excluding carboxylic acids is 1. The summed E-state index contributed by atoms with van der Waals surface area (Å²) in [6.07, 6.45) is 8.09. The van der Waals surface area contributed by atoms with Crippen LogP contribution in [0.4, 0.5) is 0 Å². The van der Waals surface area contributed by atoms with Crippen molar-refractivity contribution < 1.29 is 4.79 Å². The van der Waals surface area contributed by atoms with E-state index in [-0.39, 0.29) is 5.91 Å². The highest BCUT2D eigenvalue weighted by molar-refractivity contribution is 8.18. The number of amidine groups is 1. The van der Waals surface area contributed by atoms with Crippen LogP contribution in [-0.2, 0) is 4.79 Å². The van der Waals surface area contributed by atoms with Gasteiger partial charge in [-0.2, -0.15) is 11.3 Å². The summed E-state index contributed by atoms with van der Waals surface area (Å²) in [5.41, 5.74) is 1.08. The molecule has 0 bridgehead atoms. The van der Waals surface area contributed by atoms with Crippen LogP contribution in [0.5, 0.6) is 0 Å². The van der Waals surface area contributed by atoms with Gasteiger partial charge >= 0.3 is 0 Å². The molecular formula is C14H16N2OS2. The fourth-order valence-corrected chi connectivity index (χ4v) is 3.88. The lowest BCUT2D eigenvalue weighted by Crippen LogP contribution is -2.22. The van der Waals surface area contributed by atoms with Gasteiger partial charge in [0.1, 0.15) is 0 Å². The first-order valence-corrected chi connectivity index (χ1v) is 8.38. The molecule has 2 fully saturated rings. The Morgan fingerprint density at radius 1 is 1.32 bits per heavy atom. The molecule has 1 aromatic rings. The van der Waals surface area contributed by atoms with Crippen LogP contribution in [0.2, 0.25) is 0 Å². The highest BCUT2D eigenvalue weighted by atomic mass is 32.2. The van der Waals surface area contributed by atoms with Gasteiger partial charge in [-0.3, -0.25) is 9.79 Å². The standard InChI is InChI=1S/C14H16N2OS2/c17-13-12(8-10-6-7-18-9-10)19-14(16-13)15-11-4-2-1-3-5-11/h6-9,11H,1-5H2,(H,15,16,17)/b12-8+. The van der Waals surface area contributed by atoms with Gasteiger partial charge in [0.2, 0.25) is 0 Å². The summed E-state index contributed by atoms with van der Waals surface area (Å²) in [7, 11) is 0. The summed E-state index contributed by atoms with van der Waals surface area (Å²) >= 11 is 3.10. The zero-order chi connectivity index (χ0) is 13.1. The molecule has 0 spiro atoms. The third kappa shape index (κ3) is 3.28. The lowest BCUT2D eigenvalue weighted by Gasteiger charge is -2.17. The average Bonchev–Trinajstić information content (AvgIpc) is 3.02. The quantitative estimate of drug-likeness (QED) is 0.846. The molecule has 0 radical (unpaired) electrons. The number of nitrogens with zero attached hydrogens (tertiary/aromatic N) is 1. The van der Waals surface area contributed by atoms with E-state index in [1.54, 1.807) is 11.3 Å². The van der Waals surface area contributed by atoms with Crippen molar-refractivity contribution in [1.82, 2.24) is 5.32 Å². The highest BCUT2D eigenvalue weighted by Gasteiger charge is 2.25.